The van der Waals surface area contributed by atoms with Gasteiger partial charge >= 0.3 is 0 Å². The Balaban J connectivity index is 1.78. The minimum absolute atomic E-state index is 0.170. The van der Waals surface area contributed by atoms with Gasteiger partial charge in [0.15, 0.2) is 0 Å². The topological polar surface area (TPSA) is 62.3 Å². The molecule has 0 bridgehead atoms. The molecule has 1 aliphatic rings. The first-order valence-corrected chi connectivity index (χ1v) is 9.13. The van der Waals surface area contributed by atoms with Crippen molar-refractivity contribution in [1.29, 1.82) is 0 Å². The van der Waals surface area contributed by atoms with E-state index in [1.54, 1.807) is 42.2 Å². The molecule has 0 aliphatic carbocycles. The number of nitrogens with zero attached hydrogens (tertiary/aromatic N) is 2. The van der Waals surface area contributed by atoms with E-state index in [2.05, 4.69) is 10.3 Å². The van der Waals surface area contributed by atoms with Gasteiger partial charge in [-0.2, -0.15) is 0 Å². The second-order valence-electron chi connectivity index (χ2n) is 6.39. The number of anilines is 1. The lowest BCUT2D eigenvalue weighted by Gasteiger charge is -2.24. The molecule has 2 amide bonds. The lowest BCUT2D eigenvalue weighted by Crippen LogP contribution is -2.43. The monoisotopic (exact) mass is 391 g/mol. The highest BCUT2D eigenvalue weighted by atomic mass is 35.5. The zero-order chi connectivity index (χ0) is 18.8. The van der Waals surface area contributed by atoms with Crippen molar-refractivity contribution in [3.8, 4) is 0 Å². The number of nitrogens with one attached hydrogen (secondary N) is 1. The van der Waals surface area contributed by atoms with E-state index in [1.165, 1.54) is 0 Å². The van der Waals surface area contributed by atoms with Gasteiger partial charge in [-0.3, -0.25) is 14.6 Å². The molecule has 1 aromatic heterocycles. The highest BCUT2D eigenvalue weighted by Crippen LogP contribution is 2.25. The number of aromatic nitrogens is 1. The van der Waals surface area contributed by atoms with Gasteiger partial charge in [-0.1, -0.05) is 23.2 Å². The number of hydrogen-bond acceptors (Lipinski definition) is 3. The number of pyridine rings is 1. The van der Waals surface area contributed by atoms with Crippen LogP contribution in [0.15, 0.2) is 30.3 Å². The fourth-order valence-corrected chi connectivity index (χ4v) is 3.73. The fourth-order valence-electron chi connectivity index (χ4n) is 3.20. The molecule has 1 N–H and O–H groups in total. The molecule has 5 nitrogen and oxygen atoms in total. The normalized spacial score (nSPS) is 16.6. The summed E-state index contributed by atoms with van der Waals surface area (Å²) in [7, 11) is 0. The molecule has 1 unspecified atom stereocenters. The summed E-state index contributed by atoms with van der Waals surface area (Å²) in [5.74, 6) is -0.413. The Hall–Kier alpha value is -2.11. The van der Waals surface area contributed by atoms with Crippen LogP contribution < -0.4 is 5.32 Å². The van der Waals surface area contributed by atoms with Crippen LogP contribution in [0.3, 0.4) is 0 Å². The molecule has 0 radical (unpaired) electrons. The van der Waals surface area contributed by atoms with Crippen LogP contribution in [0.1, 0.15) is 34.6 Å². The minimum Gasteiger partial charge on any atom is -0.327 e. The van der Waals surface area contributed by atoms with Crippen LogP contribution in [-0.4, -0.2) is 34.3 Å². The van der Waals surface area contributed by atoms with Crippen molar-refractivity contribution in [1.82, 2.24) is 9.88 Å². The lowest BCUT2D eigenvalue weighted by atomic mass is 10.1. The molecule has 1 aromatic carbocycles. The van der Waals surface area contributed by atoms with E-state index in [0.29, 0.717) is 40.0 Å². The average molecular weight is 392 g/mol. The first-order chi connectivity index (χ1) is 12.3. The summed E-state index contributed by atoms with van der Waals surface area (Å²) in [4.78, 5) is 31.6. The molecule has 0 spiro atoms. The van der Waals surface area contributed by atoms with Crippen LogP contribution in [-0.2, 0) is 4.79 Å². The summed E-state index contributed by atoms with van der Waals surface area (Å²) in [6, 6.07) is 7.89. The van der Waals surface area contributed by atoms with E-state index in [9.17, 15) is 9.59 Å². The highest BCUT2D eigenvalue weighted by molar-refractivity contribution is 6.35. The van der Waals surface area contributed by atoms with Crippen molar-refractivity contribution in [3.63, 3.8) is 0 Å². The van der Waals surface area contributed by atoms with E-state index >= 15 is 0 Å². The maximum Gasteiger partial charge on any atom is 0.256 e. The Morgan fingerprint density at radius 1 is 1.15 bits per heavy atom. The van der Waals surface area contributed by atoms with Gasteiger partial charge in [0, 0.05) is 28.0 Å². The number of amides is 2. The molecule has 1 fully saturated rings. The van der Waals surface area contributed by atoms with Crippen LogP contribution in [0.2, 0.25) is 10.0 Å². The molecule has 2 heterocycles. The molecule has 136 valence electrons. The summed E-state index contributed by atoms with van der Waals surface area (Å²) in [5, 5.41) is 3.69. The number of halogens is 2. The minimum atomic E-state index is -0.527. The lowest BCUT2D eigenvalue weighted by molar-refractivity contribution is -0.119. The van der Waals surface area contributed by atoms with Crippen LogP contribution in [0, 0.1) is 13.8 Å². The van der Waals surface area contributed by atoms with Gasteiger partial charge in [0.05, 0.1) is 11.3 Å². The fraction of sp³-hybridized carbons (Fsp3) is 0.316. The highest BCUT2D eigenvalue weighted by Gasteiger charge is 2.35. The van der Waals surface area contributed by atoms with E-state index in [4.69, 9.17) is 23.2 Å². The smallest absolute Gasteiger partial charge is 0.256 e. The molecule has 26 heavy (non-hydrogen) atoms. The molecule has 0 saturated carbocycles. The molecule has 2 aromatic rings. The van der Waals surface area contributed by atoms with E-state index in [-0.39, 0.29) is 11.8 Å². The summed E-state index contributed by atoms with van der Waals surface area (Å²) in [6.45, 7) is 4.23. The van der Waals surface area contributed by atoms with Gasteiger partial charge in [-0.15, -0.1) is 0 Å². The zero-order valence-electron chi connectivity index (χ0n) is 14.6. The maximum atomic E-state index is 12.9. The summed E-state index contributed by atoms with van der Waals surface area (Å²) < 4.78 is 0. The van der Waals surface area contributed by atoms with Gasteiger partial charge in [0.25, 0.3) is 5.91 Å². The number of likely N-dealkylation sites (tertiary alicyclic amines) is 1. The molecule has 1 saturated heterocycles. The Kier molecular flexibility index (Phi) is 5.49. The van der Waals surface area contributed by atoms with Crippen molar-refractivity contribution >= 4 is 40.7 Å². The second-order valence-corrected chi connectivity index (χ2v) is 7.26. The second kappa shape index (κ2) is 7.64. The van der Waals surface area contributed by atoms with Crippen LogP contribution in [0.4, 0.5) is 5.69 Å². The van der Waals surface area contributed by atoms with Crippen molar-refractivity contribution in [2.45, 2.75) is 32.7 Å². The quantitative estimate of drug-likeness (QED) is 0.850. The maximum absolute atomic E-state index is 12.9. The van der Waals surface area contributed by atoms with Gasteiger partial charge in [-0.05, 0) is 57.0 Å². The Morgan fingerprint density at radius 2 is 1.85 bits per heavy atom. The number of carbonyl (C=O) groups excluding carboxylic acids is 2. The standard InChI is InChI=1S/C19H19Cl2N3O2/c1-11-5-6-16(12(2)22-11)19(26)24-7-3-4-17(24)18(25)23-15-9-13(20)8-14(21)10-15/h5-6,8-10,17H,3-4,7H2,1-2H3,(H,23,25). The third-order valence-corrected chi connectivity index (χ3v) is 4.84. The number of hydrogen-bond donors (Lipinski definition) is 1. The van der Waals surface area contributed by atoms with E-state index in [1.807, 2.05) is 6.92 Å². The van der Waals surface area contributed by atoms with Gasteiger partial charge < -0.3 is 10.2 Å². The predicted octanol–water partition coefficient (Wildman–Crippen LogP) is 4.25. The molecule has 3 rings (SSSR count). The third kappa shape index (κ3) is 4.00. The van der Waals surface area contributed by atoms with Crippen LogP contribution in [0.5, 0.6) is 0 Å². The van der Waals surface area contributed by atoms with E-state index in [0.717, 1.165) is 12.1 Å². The predicted molar refractivity (Wildman–Crippen MR) is 103 cm³/mol. The molecule has 1 aliphatic heterocycles. The Morgan fingerprint density at radius 3 is 2.50 bits per heavy atom. The third-order valence-electron chi connectivity index (χ3n) is 4.40. The van der Waals surface area contributed by atoms with Gasteiger partial charge in [0.2, 0.25) is 5.91 Å². The van der Waals surface area contributed by atoms with Gasteiger partial charge in [0.1, 0.15) is 6.04 Å². The van der Waals surface area contributed by atoms with Gasteiger partial charge in [-0.25, -0.2) is 0 Å². The molecule has 7 heteroatoms. The first-order valence-electron chi connectivity index (χ1n) is 8.37. The van der Waals surface area contributed by atoms with Crippen molar-refractivity contribution < 1.29 is 9.59 Å². The number of aryl methyl sites for hydroxylation is 2. The largest absolute Gasteiger partial charge is 0.327 e. The molecular formula is C19H19Cl2N3O2. The first kappa shape index (κ1) is 18.7. The zero-order valence-corrected chi connectivity index (χ0v) is 16.1. The van der Waals surface area contributed by atoms with Crippen molar-refractivity contribution in [3.05, 3.63) is 57.3 Å². The Bertz CT molecular complexity index is 850. The average Bonchev–Trinajstić information content (AvgIpc) is 3.03. The summed E-state index contributed by atoms with van der Waals surface area (Å²) >= 11 is 12.0. The van der Waals surface area contributed by atoms with Crippen LogP contribution in [0.25, 0.3) is 0 Å². The number of carbonyl (C=O) groups is 2. The van der Waals surface area contributed by atoms with E-state index < -0.39 is 6.04 Å². The Labute approximate surface area is 162 Å². The number of rotatable bonds is 3. The summed E-state index contributed by atoms with van der Waals surface area (Å²) in [6.07, 6.45) is 1.39. The summed E-state index contributed by atoms with van der Waals surface area (Å²) in [5.41, 5.74) is 2.57. The van der Waals surface area contributed by atoms with Crippen molar-refractivity contribution in [2.75, 3.05) is 11.9 Å². The van der Waals surface area contributed by atoms with Crippen LogP contribution >= 0.6 is 23.2 Å². The van der Waals surface area contributed by atoms with Crippen molar-refractivity contribution in [2.24, 2.45) is 0 Å². The molecule has 1 atom stereocenters. The SMILES string of the molecule is Cc1ccc(C(=O)N2CCCC2C(=O)Nc2cc(Cl)cc(Cl)c2)c(C)n1. The number of benzene rings is 1. The molecular weight excluding hydrogens is 373 g/mol.